The van der Waals surface area contributed by atoms with Crippen LogP contribution in [0.15, 0.2) is 97.3 Å². The van der Waals surface area contributed by atoms with Crippen LogP contribution in [0.4, 0.5) is 0 Å². The van der Waals surface area contributed by atoms with E-state index in [1.54, 1.807) is 12.4 Å². The van der Waals surface area contributed by atoms with Crippen LogP contribution in [-0.4, -0.2) is 16.5 Å². The summed E-state index contributed by atoms with van der Waals surface area (Å²) in [5.74, 6) is 2.38. The molecule has 0 amide bonds. The van der Waals surface area contributed by atoms with Crippen LogP contribution >= 0.6 is 0 Å². The number of fused-ring (bicyclic) bond motifs is 4. The molecule has 2 aliphatic rings. The summed E-state index contributed by atoms with van der Waals surface area (Å²) in [4.78, 5) is 8.55. The Bertz CT molecular complexity index is 1230. The highest BCUT2D eigenvalue weighted by Crippen LogP contribution is 2.52. The molecular formula is C26H20N4O. The predicted molar refractivity (Wildman–Crippen MR) is 120 cm³/mol. The van der Waals surface area contributed by atoms with Gasteiger partial charge in [0.15, 0.2) is 0 Å². The molecule has 2 aromatic heterocycles. The average Bonchev–Trinajstić information content (AvgIpc) is 3.22. The summed E-state index contributed by atoms with van der Waals surface area (Å²) in [6.07, 6.45) is 9.45. The molecule has 0 saturated heterocycles. The average molecular weight is 404 g/mol. The fourth-order valence-corrected chi connectivity index (χ4v) is 4.58. The van der Waals surface area contributed by atoms with Crippen LogP contribution in [0, 0.1) is 0 Å². The van der Waals surface area contributed by atoms with Gasteiger partial charge in [-0.3, -0.25) is 9.97 Å². The molecule has 3 N–H and O–H groups in total. The molecule has 0 radical (unpaired) electrons. The lowest BCUT2D eigenvalue weighted by Gasteiger charge is -2.36. The zero-order valence-electron chi connectivity index (χ0n) is 16.7. The molecule has 0 fully saturated rings. The summed E-state index contributed by atoms with van der Waals surface area (Å²) in [5.41, 5.74) is 12.4. The lowest BCUT2D eigenvalue weighted by atomic mass is 9.72. The van der Waals surface area contributed by atoms with Crippen molar-refractivity contribution in [2.45, 2.75) is 5.41 Å². The van der Waals surface area contributed by atoms with Gasteiger partial charge in [0.05, 0.1) is 11.2 Å². The first-order chi connectivity index (χ1) is 15.2. The molecule has 0 aliphatic carbocycles. The van der Waals surface area contributed by atoms with Crippen molar-refractivity contribution in [2.24, 2.45) is 5.73 Å². The lowest BCUT2D eigenvalue weighted by molar-refractivity contribution is 0.424. The minimum atomic E-state index is -0.413. The zero-order chi connectivity index (χ0) is 20.8. The van der Waals surface area contributed by atoms with E-state index in [9.17, 15) is 0 Å². The summed E-state index contributed by atoms with van der Waals surface area (Å²) < 4.78 is 6.35. The molecule has 4 aromatic rings. The number of nitrogens with zero attached hydrogens (tertiary/aromatic N) is 2. The molecule has 31 heavy (non-hydrogen) atoms. The van der Waals surface area contributed by atoms with Gasteiger partial charge < -0.3 is 15.8 Å². The number of nitrogens with two attached hydrogens (primary N) is 1. The monoisotopic (exact) mass is 404 g/mol. The maximum Gasteiger partial charge on any atom is 0.131 e. The number of nitrogens with one attached hydrogen (secondary N) is 1. The fourth-order valence-electron chi connectivity index (χ4n) is 4.58. The summed E-state index contributed by atoms with van der Waals surface area (Å²) in [7, 11) is 0. The number of pyridine rings is 2. The van der Waals surface area contributed by atoms with E-state index in [0.717, 1.165) is 44.9 Å². The van der Waals surface area contributed by atoms with Crippen LogP contribution in [0.5, 0.6) is 11.5 Å². The number of benzene rings is 2. The Labute approximate surface area is 180 Å². The Morgan fingerprint density at radius 2 is 1.35 bits per heavy atom. The van der Waals surface area contributed by atoms with Crippen LogP contribution in [0.2, 0.25) is 0 Å². The number of aromatic nitrogens is 2. The van der Waals surface area contributed by atoms with Gasteiger partial charge in [-0.15, -0.1) is 0 Å². The number of ether oxygens (including phenoxy) is 1. The lowest BCUT2D eigenvalue weighted by Crippen LogP contribution is -2.34. The molecule has 2 aromatic carbocycles. The van der Waals surface area contributed by atoms with Crippen molar-refractivity contribution >= 4 is 0 Å². The number of hydrogen-bond acceptors (Lipinski definition) is 5. The van der Waals surface area contributed by atoms with Gasteiger partial charge in [0.2, 0.25) is 0 Å². The first-order valence-electron chi connectivity index (χ1n) is 10.2. The van der Waals surface area contributed by atoms with Crippen LogP contribution < -0.4 is 15.8 Å². The van der Waals surface area contributed by atoms with Gasteiger partial charge >= 0.3 is 0 Å². The van der Waals surface area contributed by atoms with E-state index in [1.807, 2.05) is 36.7 Å². The van der Waals surface area contributed by atoms with Gasteiger partial charge in [0.25, 0.3) is 0 Å². The van der Waals surface area contributed by atoms with Gasteiger partial charge in [0.1, 0.15) is 11.5 Å². The molecule has 2 aliphatic heterocycles. The van der Waals surface area contributed by atoms with Crippen molar-refractivity contribution in [3.8, 4) is 33.8 Å². The standard InChI is InChI=1S/C26H20N4O/c27-25-13-26(16-30-25)21-11-17(19-3-1-9-28-14-19)5-7-23(21)31-24-8-6-18(12-22(24)26)20-4-2-10-29-15-20/h1-15,30H,16,27H2. The minimum absolute atomic E-state index is 0.413. The van der Waals surface area contributed by atoms with Crippen molar-refractivity contribution in [1.29, 1.82) is 0 Å². The SMILES string of the molecule is NC1=CC2(CN1)c1cc(-c3cccnc3)ccc1Oc1ccc(-c3cccnc3)cc12. The summed E-state index contributed by atoms with van der Waals surface area (Å²) in [6.45, 7) is 0.676. The smallest absolute Gasteiger partial charge is 0.131 e. The number of hydrogen-bond donors (Lipinski definition) is 2. The van der Waals surface area contributed by atoms with Crippen LogP contribution in [0.25, 0.3) is 22.3 Å². The third kappa shape index (κ3) is 2.78. The summed E-state index contributed by atoms with van der Waals surface area (Å²) in [5, 5.41) is 3.34. The molecular weight excluding hydrogens is 384 g/mol. The molecule has 6 rings (SSSR count). The Kier molecular flexibility index (Phi) is 3.83. The van der Waals surface area contributed by atoms with Crippen LogP contribution in [0.1, 0.15) is 11.1 Å². The molecule has 0 saturated carbocycles. The van der Waals surface area contributed by atoms with E-state index >= 15 is 0 Å². The van der Waals surface area contributed by atoms with Gasteiger partial charge in [-0.25, -0.2) is 0 Å². The van der Waals surface area contributed by atoms with Crippen LogP contribution in [-0.2, 0) is 5.41 Å². The van der Waals surface area contributed by atoms with E-state index in [1.165, 1.54) is 0 Å². The van der Waals surface area contributed by atoms with Crippen molar-refractivity contribution in [2.75, 3.05) is 6.54 Å². The Morgan fingerprint density at radius 3 is 1.81 bits per heavy atom. The van der Waals surface area contributed by atoms with E-state index in [0.29, 0.717) is 12.4 Å². The first-order valence-corrected chi connectivity index (χ1v) is 10.2. The summed E-state index contributed by atoms with van der Waals surface area (Å²) >= 11 is 0. The highest BCUT2D eigenvalue weighted by Gasteiger charge is 2.44. The second kappa shape index (κ2) is 6.71. The Morgan fingerprint density at radius 1 is 0.774 bits per heavy atom. The van der Waals surface area contributed by atoms with Gasteiger partial charge in [-0.2, -0.15) is 0 Å². The zero-order valence-corrected chi connectivity index (χ0v) is 16.7. The normalized spacial score (nSPS) is 15.4. The highest BCUT2D eigenvalue weighted by atomic mass is 16.5. The molecule has 5 nitrogen and oxygen atoms in total. The van der Waals surface area contributed by atoms with E-state index in [2.05, 4.69) is 57.8 Å². The Hall–Kier alpha value is -4.12. The van der Waals surface area contributed by atoms with E-state index < -0.39 is 5.41 Å². The highest BCUT2D eigenvalue weighted by molar-refractivity contribution is 5.73. The molecule has 4 heterocycles. The van der Waals surface area contributed by atoms with Gasteiger partial charge in [-0.05, 0) is 53.6 Å². The van der Waals surface area contributed by atoms with Gasteiger partial charge in [-0.1, -0.05) is 24.3 Å². The molecule has 0 bridgehead atoms. The second-order valence-electron chi connectivity index (χ2n) is 7.93. The molecule has 5 heteroatoms. The van der Waals surface area contributed by atoms with Crippen molar-refractivity contribution in [3.63, 3.8) is 0 Å². The molecule has 0 atom stereocenters. The molecule has 1 spiro atoms. The van der Waals surface area contributed by atoms with E-state index in [4.69, 9.17) is 10.5 Å². The number of rotatable bonds is 2. The maximum atomic E-state index is 6.35. The topological polar surface area (TPSA) is 73.1 Å². The van der Waals surface area contributed by atoms with Crippen LogP contribution in [0.3, 0.4) is 0 Å². The molecule has 150 valence electrons. The Balaban J connectivity index is 1.56. The maximum absolute atomic E-state index is 6.35. The largest absolute Gasteiger partial charge is 0.457 e. The summed E-state index contributed by atoms with van der Waals surface area (Å²) in [6, 6.07) is 20.7. The fraction of sp³-hybridized carbons (Fsp3) is 0.0769. The van der Waals surface area contributed by atoms with Crippen molar-refractivity contribution in [3.05, 3.63) is 108 Å². The third-order valence-corrected chi connectivity index (χ3v) is 6.10. The van der Waals surface area contributed by atoms with E-state index in [-0.39, 0.29) is 0 Å². The minimum Gasteiger partial charge on any atom is -0.457 e. The molecule has 0 unspecified atom stereocenters. The van der Waals surface area contributed by atoms with Crippen molar-refractivity contribution < 1.29 is 4.74 Å². The van der Waals surface area contributed by atoms with Crippen molar-refractivity contribution in [1.82, 2.24) is 15.3 Å². The third-order valence-electron chi connectivity index (χ3n) is 6.10. The quantitative estimate of drug-likeness (QED) is 0.511. The first kappa shape index (κ1) is 17.7. The predicted octanol–water partition coefficient (Wildman–Crippen LogP) is 4.61. The van der Waals surface area contributed by atoms with Gasteiger partial charge in [0, 0.05) is 53.6 Å². The second-order valence-corrected chi connectivity index (χ2v) is 7.93.